The average Bonchev–Trinajstić information content (AvgIpc) is 3.25. The Balaban J connectivity index is 1.56. The molecule has 2 aromatic carbocycles. The predicted octanol–water partition coefficient (Wildman–Crippen LogP) is 4.20. The molecule has 0 radical (unpaired) electrons. The smallest absolute Gasteiger partial charge is 0.221 e. The van der Waals surface area contributed by atoms with Crippen molar-refractivity contribution in [2.24, 2.45) is 0 Å². The molecule has 0 N–H and O–H groups in total. The Hall–Kier alpha value is -2.49. The van der Waals surface area contributed by atoms with Crippen molar-refractivity contribution in [2.45, 2.75) is 19.6 Å². The number of tetrazole rings is 1. The Bertz CT molecular complexity index is 1110. The van der Waals surface area contributed by atoms with Crippen molar-refractivity contribution in [3.8, 4) is 5.69 Å². The number of rotatable bonds is 5. The van der Waals surface area contributed by atoms with E-state index in [1.165, 1.54) is 21.5 Å². The van der Waals surface area contributed by atoms with Gasteiger partial charge in [0, 0.05) is 0 Å². The van der Waals surface area contributed by atoms with Crippen LogP contribution in [0.25, 0.3) is 15.9 Å². The third kappa shape index (κ3) is 3.53. The quantitative estimate of drug-likeness (QED) is 0.470. The number of benzene rings is 2. The van der Waals surface area contributed by atoms with Crippen LogP contribution in [0.3, 0.4) is 0 Å². The van der Waals surface area contributed by atoms with E-state index in [0.29, 0.717) is 17.1 Å². The van der Waals surface area contributed by atoms with Gasteiger partial charge in [-0.3, -0.25) is 4.90 Å². The lowest BCUT2D eigenvalue weighted by molar-refractivity contribution is 0.193. The molecule has 9 heteroatoms. The minimum Gasteiger partial charge on any atom is -0.278 e. The fourth-order valence-electron chi connectivity index (χ4n) is 2.72. The van der Waals surface area contributed by atoms with Crippen molar-refractivity contribution < 1.29 is 4.39 Å². The summed E-state index contributed by atoms with van der Waals surface area (Å²) in [5.74, 6) is -0.342. The monoisotopic (exact) mass is 400 g/mol. The highest BCUT2D eigenvalue weighted by Gasteiger charge is 2.18. The number of para-hydroxylation sites is 1. The van der Waals surface area contributed by atoms with Crippen molar-refractivity contribution in [3.63, 3.8) is 0 Å². The molecule has 0 saturated carbocycles. The SMILES string of the molecule is C[C@H](c1nc2ccccc2s1)N(C)Cn1nnn(-c2cccc(F)c2)c1=S. The highest BCUT2D eigenvalue weighted by atomic mass is 32.1. The van der Waals surface area contributed by atoms with E-state index < -0.39 is 0 Å². The van der Waals surface area contributed by atoms with E-state index in [-0.39, 0.29) is 11.9 Å². The van der Waals surface area contributed by atoms with E-state index in [1.807, 2.05) is 25.2 Å². The molecule has 138 valence electrons. The zero-order valence-corrected chi connectivity index (χ0v) is 16.4. The summed E-state index contributed by atoms with van der Waals surface area (Å²) in [7, 11) is 1.99. The summed E-state index contributed by atoms with van der Waals surface area (Å²) < 4.78 is 18.1. The number of fused-ring (bicyclic) bond motifs is 1. The zero-order chi connectivity index (χ0) is 19.0. The topological polar surface area (TPSA) is 51.8 Å². The molecule has 0 bridgehead atoms. The van der Waals surface area contributed by atoms with Gasteiger partial charge in [-0.1, -0.05) is 18.2 Å². The van der Waals surface area contributed by atoms with Crippen LogP contribution >= 0.6 is 23.6 Å². The number of nitrogens with zero attached hydrogens (tertiary/aromatic N) is 6. The average molecular weight is 401 g/mol. The molecule has 0 aliphatic heterocycles. The first kappa shape index (κ1) is 17.9. The zero-order valence-electron chi connectivity index (χ0n) is 14.8. The lowest BCUT2D eigenvalue weighted by Gasteiger charge is -2.22. The Labute approximate surface area is 164 Å². The highest BCUT2D eigenvalue weighted by molar-refractivity contribution is 7.71. The lowest BCUT2D eigenvalue weighted by atomic mass is 10.3. The van der Waals surface area contributed by atoms with Gasteiger partial charge < -0.3 is 0 Å². The molecule has 0 fully saturated rings. The first-order valence-corrected chi connectivity index (χ1v) is 9.60. The van der Waals surface area contributed by atoms with Crippen LogP contribution in [0.2, 0.25) is 0 Å². The van der Waals surface area contributed by atoms with E-state index in [9.17, 15) is 4.39 Å². The van der Waals surface area contributed by atoms with Crippen molar-refractivity contribution in [3.05, 3.63) is 64.1 Å². The standard InChI is InChI=1S/C18H17FN6S2/c1-12(17-20-15-8-3-4-9-16(15)27-17)23(2)11-24-18(26)25(22-21-24)14-7-5-6-13(19)10-14/h3-10,12H,11H2,1-2H3/t12-/m1/s1. The normalized spacial score (nSPS) is 12.7. The van der Waals surface area contributed by atoms with Crippen LogP contribution in [-0.2, 0) is 6.67 Å². The van der Waals surface area contributed by atoms with Crippen molar-refractivity contribution >= 4 is 33.8 Å². The van der Waals surface area contributed by atoms with Gasteiger partial charge in [0.05, 0.1) is 28.6 Å². The summed E-state index contributed by atoms with van der Waals surface area (Å²) in [6.07, 6.45) is 0. The van der Waals surface area contributed by atoms with Crippen molar-refractivity contribution in [1.82, 2.24) is 29.7 Å². The first-order chi connectivity index (χ1) is 13.0. The van der Waals surface area contributed by atoms with Crippen molar-refractivity contribution in [1.29, 1.82) is 0 Å². The highest BCUT2D eigenvalue weighted by Crippen LogP contribution is 2.28. The molecule has 2 heterocycles. The molecule has 1 atom stereocenters. The third-order valence-electron chi connectivity index (χ3n) is 4.38. The van der Waals surface area contributed by atoms with Crippen LogP contribution in [0, 0.1) is 10.6 Å². The largest absolute Gasteiger partial charge is 0.278 e. The first-order valence-electron chi connectivity index (χ1n) is 8.37. The number of hydrogen-bond acceptors (Lipinski definition) is 6. The molecule has 0 aliphatic rings. The maximum absolute atomic E-state index is 13.5. The molecule has 2 aromatic heterocycles. The second-order valence-corrected chi connectivity index (χ2v) is 7.67. The molecule has 0 spiro atoms. The fourth-order valence-corrected chi connectivity index (χ4v) is 4.04. The van der Waals surface area contributed by atoms with Crippen LogP contribution < -0.4 is 0 Å². The molecular weight excluding hydrogens is 383 g/mol. The van der Waals surface area contributed by atoms with Gasteiger partial charge in [0.2, 0.25) is 4.77 Å². The molecule has 0 saturated heterocycles. The van der Waals surface area contributed by atoms with E-state index >= 15 is 0 Å². The number of hydrogen-bond donors (Lipinski definition) is 0. The van der Waals surface area contributed by atoms with Gasteiger partial charge in [-0.2, -0.15) is 4.68 Å². The number of halogens is 1. The van der Waals surface area contributed by atoms with Gasteiger partial charge in [0.1, 0.15) is 10.8 Å². The summed E-state index contributed by atoms with van der Waals surface area (Å²) >= 11 is 7.14. The van der Waals surface area contributed by atoms with Crippen LogP contribution in [0.15, 0.2) is 48.5 Å². The van der Waals surface area contributed by atoms with Gasteiger partial charge in [-0.15, -0.1) is 11.3 Å². The van der Waals surface area contributed by atoms with Crippen LogP contribution in [-0.4, -0.2) is 36.7 Å². The van der Waals surface area contributed by atoms with Crippen molar-refractivity contribution in [2.75, 3.05) is 7.05 Å². The molecule has 0 unspecified atom stereocenters. The van der Waals surface area contributed by atoms with E-state index in [1.54, 1.807) is 28.2 Å². The van der Waals surface area contributed by atoms with Gasteiger partial charge >= 0.3 is 0 Å². The summed E-state index contributed by atoms with van der Waals surface area (Å²) in [4.78, 5) is 6.81. The van der Waals surface area contributed by atoms with Gasteiger partial charge in [0.25, 0.3) is 0 Å². The second kappa shape index (κ2) is 7.26. The Morgan fingerprint density at radius 2 is 2.00 bits per heavy atom. The van der Waals surface area contributed by atoms with Gasteiger partial charge in [-0.25, -0.2) is 14.1 Å². The predicted molar refractivity (Wildman–Crippen MR) is 106 cm³/mol. The molecule has 6 nitrogen and oxygen atoms in total. The Morgan fingerprint density at radius 1 is 1.19 bits per heavy atom. The fraction of sp³-hybridized carbons (Fsp3) is 0.222. The molecule has 4 rings (SSSR count). The summed E-state index contributed by atoms with van der Waals surface area (Å²) in [6.45, 7) is 2.55. The summed E-state index contributed by atoms with van der Waals surface area (Å²) in [5, 5.41) is 9.22. The third-order valence-corrected chi connectivity index (χ3v) is 5.97. The molecule has 0 amide bonds. The minimum absolute atomic E-state index is 0.0867. The Morgan fingerprint density at radius 3 is 2.78 bits per heavy atom. The molecule has 0 aliphatic carbocycles. The summed E-state index contributed by atoms with van der Waals surface area (Å²) in [6, 6.07) is 14.3. The Kier molecular flexibility index (Phi) is 4.81. The lowest BCUT2D eigenvalue weighted by Crippen LogP contribution is -2.26. The van der Waals surface area contributed by atoms with E-state index in [2.05, 4.69) is 28.3 Å². The number of thiazole rings is 1. The van der Waals surface area contributed by atoms with Crippen LogP contribution in [0.1, 0.15) is 18.0 Å². The maximum atomic E-state index is 13.5. The molecule has 4 aromatic rings. The second-order valence-electron chi connectivity index (χ2n) is 6.25. The maximum Gasteiger partial charge on any atom is 0.221 e. The molecular formula is C18H17FN6S2. The van der Waals surface area contributed by atoms with Gasteiger partial charge in [-0.05, 0) is 66.9 Å². The van der Waals surface area contributed by atoms with Crippen LogP contribution in [0.4, 0.5) is 4.39 Å². The van der Waals surface area contributed by atoms with E-state index in [4.69, 9.17) is 17.2 Å². The molecule has 27 heavy (non-hydrogen) atoms. The van der Waals surface area contributed by atoms with E-state index in [0.717, 1.165) is 10.5 Å². The van der Waals surface area contributed by atoms with Gasteiger partial charge in [0.15, 0.2) is 0 Å². The summed E-state index contributed by atoms with van der Waals surface area (Å²) in [5.41, 5.74) is 1.56. The van der Waals surface area contributed by atoms with Crippen LogP contribution in [0.5, 0.6) is 0 Å². The number of aromatic nitrogens is 5. The minimum atomic E-state index is -0.342.